The molecule has 0 amide bonds. The first-order valence-electron chi connectivity index (χ1n) is 0.752. The predicted molar refractivity (Wildman–Crippen MR) is 19.6 cm³/mol. The van der Waals surface area contributed by atoms with E-state index in [1.807, 2.05) is 0 Å². The van der Waals surface area contributed by atoms with Crippen LogP contribution in [0.2, 0.25) is 0 Å². The maximum atomic E-state index is 8.64. The molecule has 7 heavy (non-hydrogen) atoms. The van der Waals surface area contributed by atoms with E-state index in [-0.39, 0.29) is 55.6 Å². The van der Waals surface area contributed by atoms with E-state index in [0.29, 0.717) is 0 Å². The molecule has 0 spiro atoms. The Hall–Kier alpha value is 1.45. The zero-order valence-corrected chi connectivity index (χ0v) is 6.43. The summed E-state index contributed by atoms with van der Waals surface area (Å²) in [6.07, 6.45) is 0. The van der Waals surface area contributed by atoms with Gasteiger partial charge in [-0.3, -0.25) is 0 Å². The van der Waals surface area contributed by atoms with Crippen molar-refractivity contribution in [2.24, 2.45) is 0 Å². The summed E-state index contributed by atoms with van der Waals surface area (Å²) < 4.78 is 0. The molecular formula is H4BCaClO4. The summed E-state index contributed by atoms with van der Waals surface area (Å²) >= 11 is 0. The summed E-state index contributed by atoms with van der Waals surface area (Å²) in [5.41, 5.74) is 0. The van der Waals surface area contributed by atoms with E-state index in [4.69, 9.17) is 15.1 Å². The molecule has 4 N–H and O–H groups in total. The maximum absolute atomic E-state index is 8.64. The molecule has 0 aromatic heterocycles. The van der Waals surface area contributed by atoms with Gasteiger partial charge in [-0.25, -0.2) is 0 Å². The van der Waals surface area contributed by atoms with Crippen LogP contribution in [0, 0.1) is 0 Å². The van der Waals surface area contributed by atoms with Gasteiger partial charge in [0.05, 0.1) is 0 Å². The molecular weight excluding hydrogens is 150 g/mol. The zero-order chi connectivity index (χ0) is 3.58. The zero-order valence-electron chi connectivity index (χ0n) is 3.47. The molecule has 0 aliphatic rings. The largest absolute Gasteiger partial charge is 2.00 e. The van der Waals surface area contributed by atoms with Gasteiger partial charge in [-0.2, -0.15) is 0 Å². The molecule has 0 saturated heterocycles. The molecule has 0 radical (unpaired) electrons. The Kier molecular flexibility index (Phi) is 52.9. The van der Waals surface area contributed by atoms with Crippen molar-refractivity contribution >= 4 is 45.1 Å². The van der Waals surface area contributed by atoms with E-state index in [1.165, 1.54) is 0 Å². The number of halogens is 1. The molecule has 0 atom stereocenters. The normalized spacial score (nSPS) is 3.86. The maximum Gasteiger partial charge on any atom is 2.00 e. The fraction of sp³-hybridized carbons (Fsp3) is 0. The van der Waals surface area contributed by atoms with Crippen LogP contribution in [0.5, 0.6) is 0 Å². The summed E-state index contributed by atoms with van der Waals surface area (Å²) in [5, 5.41) is 22.8. The van der Waals surface area contributed by atoms with Crippen LogP contribution in [0.15, 0.2) is 0 Å². The minimum Gasteiger partial charge on any atom is -1.00 e. The summed E-state index contributed by atoms with van der Waals surface area (Å²) in [7, 11) is -2.42. The summed E-state index contributed by atoms with van der Waals surface area (Å²) in [6.45, 7) is 0. The molecule has 0 aliphatic heterocycles. The molecule has 4 nitrogen and oxygen atoms in total. The molecule has 0 heterocycles. The second-order valence-corrected chi connectivity index (χ2v) is 0.326. The average Bonchev–Trinajstić information content (AvgIpc) is 0.811. The van der Waals surface area contributed by atoms with Crippen molar-refractivity contribution in [2.45, 2.75) is 0 Å². The van der Waals surface area contributed by atoms with Crippen LogP contribution < -0.4 is 17.4 Å². The molecule has 40 valence electrons. The van der Waals surface area contributed by atoms with E-state index in [2.05, 4.69) is 0 Å². The Balaban J connectivity index is -0.0000000150. The van der Waals surface area contributed by atoms with Gasteiger partial charge in [0.15, 0.2) is 0 Å². The quantitative estimate of drug-likeness (QED) is 0.340. The molecule has 0 aromatic carbocycles. The van der Waals surface area contributed by atoms with Gasteiger partial charge in [-0.05, 0) is 0 Å². The first-order chi connectivity index (χ1) is 1.73. The van der Waals surface area contributed by atoms with Gasteiger partial charge in [-0.15, -0.1) is 0 Å². The second kappa shape index (κ2) is 15.7. The Bertz CT molecular complexity index is 16.4. The molecule has 0 aromatic rings. The number of hydrogen-bond donors (Lipinski definition) is 2. The van der Waals surface area contributed by atoms with Crippen molar-refractivity contribution in [3.63, 3.8) is 0 Å². The molecule has 0 rings (SSSR count). The van der Waals surface area contributed by atoms with E-state index in [1.54, 1.807) is 0 Å². The van der Waals surface area contributed by atoms with Gasteiger partial charge in [-0.1, -0.05) is 0 Å². The van der Waals surface area contributed by atoms with Gasteiger partial charge >= 0.3 is 45.1 Å². The third-order valence-corrected chi connectivity index (χ3v) is 0. The van der Waals surface area contributed by atoms with E-state index >= 15 is 0 Å². The predicted octanol–water partition coefficient (Wildman–Crippen LogP) is -6.89. The summed E-state index contributed by atoms with van der Waals surface area (Å²) in [6, 6.07) is 0. The van der Waals surface area contributed by atoms with E-state index in [0.717, 1.165) is 0 Å². The van der Waals surface area contributed by atoms with Gasteiger partial charge in [0, 0.05) is 0 Å². The Morgan fingerprint density at radius 3 is 1.29 bits per heavy atom. The van der Waals surface area contributed by atoms with Crippen LogP contribution in [0.25, 0.3) is 0 Å². The fourth-order valence-corrected chi connectivity index (χ4v) is 0. The minimum atomic E-state index is -2.42. The van der Waals surface area contributed by atoms with Gasteiger partial charge in [0.2, 0.25) is 0 Å². The van der Waals surface area contributed by atoms with Crippen molar-refractivity contribution in [1.29, 1.82) is 0 Å². The van der Waals surface area contributed by atoms with Crippen molar-refractivity contribution in [1.82, 2.24) is 0 Å². The van der Waals surface area contributed by atoms with Crippen LogP contribution in [0.1, 0.15) is 0 Å². The first kappa shape index (κ1) is 23.7. The number of rotatable bonds is 0. The van der Waals surface area contributed by atoms with Crippen LogP contribution >= 0.6 is 0 Å². The molecule has 0 bridgehead atoms. The van der Waals surface area contributed by atoms with E-state index < -0.39 is 7.32 Å². The molecule has 0 saturated carbocycles. The fourth-order valence-electron chi connectivity index (χ4n) is 0. The third kappa shape index (κ3) is 105. The number of hydrogen-bond acceptors (Lipinski definition) is 3. The molecule has 0 aliphatic carbocycles. The van der Waals surface area contributed by atoms with Crippen molar-refractivity contribution in [3.8, 4) is 0 Å². The van der Waals surface area contributed by atoms with Crippen LogP contribution in [-0.2, 0) is 0 Å². The van der Waals surface area contributed by atoms with Crippen LogP contribution in [0.4, 0.5) is 0 Å². The molecule has 0 unspecified atom stereocenters. The second-order valence-electron chi connectivity index (χ2n) is 0.326. The van der Waals surface area contributed by atoms with Crippen LogP contribution in [-0.4, -0.2) is 60.6 Å². The standard InChI is InChI=1S/BH2O3.Ca.ClH.H2O/c2-1(3)4;;;/h2-3H;;1H;1H2/q-1;+2;;/p-1. The first-order valence-corrected chi connectivity index (χ1v) is 0.752. The SMILES string of the molecule is O.[Ca+2].[Cl-].[O-]B(O)O. The van der Waals surface area contributed by atoms with Crippen LogP contribution in [0.3, 0.4) is 0 Å². The minimum absolute atomic E-state index is 0. The van der Waals surface area contributed by atoms with Crippen molar-refractivity contribution in [3.05, 3.63) is 0 Å². The average molecular weight is 154 g/mol. The topological polar surface area (TPSA) is 95.0 Å². The van der Waals surface area contributed by atoms with Crippen molar-refractivity contribution in [2.75, 3.05) is 0 Å². The third-order valence-electron chi connectivity index (χ3n) is 0. The Morgan fingerprint density at radius 2 is 1.29 bits per heavy atom. The van der Waals surface area contributed by atoms with Gasteiger partial charge < -0.3 is 33.0 Å². The van der Waals surface area contributed by atoms with E-state index in [9.17, 15) is 0 Å². The smallest absolute Gasteiger partial charge is 1.00 e. The Labute approximate surface area is 77.4 Å². The van der Waals surface area contributed by atoms with Gasteiger partial charge in [0.1, 0.15) is 0 Å². The van der Waals surface area contributed by atoms with Crippen molar-refractivity contribution < 1.29 is 33.0 Å². The Morgan fingerprint density at radius 1 is 1.29 bits per heavy atom. The van der Waals surface area contributed by atoms with Gasteiger partial charge in [0.25, 0.3) is 0 Å². The monoisotopic (exact) mass is 154 g/mol. The summed E-state index contributed by atoms with van der Waals surface area (Å²) in [4.78, 5) is 0. The molecule has 7 heteroatoms. The molecule has 0 fully saturated rings. The summed E-state index contributed by atoms with van der Waals surface area (Å²) in [5.74, 6) is 0.